The molecule has 3 aromatic carbocycles. The molecule has 1 amide bonds. The van der Waals surface area contributed by atoms with E-state index in [2.05, 4.69) is 44.2 Å². The average Bonchev–Trinajstić information content (AvgIpc) is 3.27. The third kappa shape index (κ3) is 6.78. The molecule has 3 aromatic rings. The summed E-state index contributed by atoms with van der Waals surface area (Å²) in [4.78, 5) is 25.5. The van der Waals surface area contributed by atoms with Crippen molar-refractivity contribution in [2.75, 3.05) is 6.54 Å². The van der Waals surface area contributed by atoms with Crippen molar-refractivity contribution in [1.82, 2.24) is 4.90 Å². The van der Waals surface area contributed by atoms with E-state index in [0.717, 1.165) is 48.8 Å². The molecule has 0 bridgehead atoms. The molecule has 38 heavy (non-hydrogen) atoms. The number of amides is 1. The zero-order chi connectivity index (χ0) is 27.1. The number of rotatable bonds is 11. The number of aliphatic hydroxyl groups is 1. The first-order valence-corrected chi connectivity index (χ1v) is 13.5. The fourth-order valence-electron chi connectivity index (χ4n) is 5.23. The van der Waals surface area contributed by atoms with Crippen molar-refractivity contribution in [3.8, 4) is 11.1 Å². The summed E-state index contributed by atoms with van der Waals surface area (Å²) in [5.41, 5.74) is 7.06. The van der Waals surface area contributed by atoms with Gasteiger partial charge in [-0.3, -0.25) is 4.79 Å². The first-order valence-electron chi connectivity index (χ1n) is 13.5. The fourth-order valence-corrected chi connectivity index (χ4v) is 5.23. The van der Waals surface area contributed by atoms with Gasteiger partial charge in [0.1, 0.15) is 0 Å². The lowest BCUT2D eigenvalue weighted by Gasteiger charge is -2.23. The molecule has 1 aliphatic rings. The molecule has 0 aromatic heterocycles. The van der Waals surface area contributed by atoms with Gasteiger partial charge in [0, 0.05) is 13.0 Å². The Morgan fingerprint density at radius 3 is 2.61 bits per heavy atom. The predicted octanol–water partition coefficient (Wildman–Crippen LogP) is 6.53. The maximum Gasteiger partial charge on any atom is 0.335 e. The molecule has 0 aliphatic carbocycles. The van der Waals surface area contributed by atoms with Crippen molar-refractivity contribution in [2.24, 2.45) is 0 Å². The second-order valence-corrected chi connectivity index (χ2v) is 10.2. The highest BCUT2D eigenvalue weighted by atomic mass is 16.4. The van der Waals surface area contributed by atoms with Crippen LogP contribution in [0.3, 0.4) is 0 Å². The van der Waals surface area contributed by atoms with Crippen molar-refractivity contribution >= 4 is 11.9 Å². The zero-order valence-electron chi connectivity index (χ0n) is 22.3. The van der Waals surface area contributed by atoms with Gasteiger partial charge in [0.15, 0.2) is 0 Å². The minimum Gasteiger partial charge on any atom is -0.478 e. The van der Waals surface area contributed by atoms with E-state index in [1.165, 1.54) is 16.7 Å². The Bertz CT molecular complexity index is 1290. The SMILES string of the molecule is CCCc1cc(C)ccc1-c1cccc(C(O)/C=C/C2CCC(=O)N2CCCc2ccc(C(=O)O)cc2)c1. The Morgan fingerprint density at radius 1 is 1.08 bits per heavy atom. The number of benzene rings is 3. The van der Waals surface area contributed by atoms with Crippen molar-refractivity contribution in [3.05, 3.63) is 107 Å². The second kappa shape index (κ2) is 12.7. The van der Waals surface area contributed by atoms with Gasteiger partial charge in [-0.05, 0) is 78.6 Å². The molecule has 1 aliphatic heterocycles. The minimum absolute atomic E-state index is 0.0250. The lowest BCUT2D eigenvalue weighted by Crippen LogP contribution is -2.33. The third-order valence-electron chi connectivity index (χ3n) is 7.27. The molecular formula is C33H37NO4. The van der Waals surface area contributed by atoms with Gasteiger partial charge in [0.05, 0.1) is 17.7 Å². The third-order valence-corrected chi connectivity index (χ3v) is 7.27. The quantitative estimate of drug-likeness (QED) is 0.287. The summed E-state index contributed by atoms with van der Waals surface area (Å²) >= 11 is 0. The van der Waals surface area contributed by atoms with Crippen molar-refractivity contribution < 1.29 is 19.8 Å². The minimum atomic E-state index is -0.931. The fraction of sp³-hybridized carbons (Fsp3) is 0.333. The number of likely N-dealkylation sites (tertiary alicyclic amines) is 1. The monoisotopic (exact) mass is 511 g/mol. The number of hydrogen-bond acceptors (Lipinski definition) is 3. The Labute approximate surface area is 225 Å². The molecule has 2 atom stereocenters. The summed E-state index contributed by atoms with van der Waals surface area (Å²) in [6.07, 6.45) is 7.96. The number of aryl methyl sites for hydroxylation is 3. The number of hydrogen-bond donors (Lipinski definition) is 2. The van der Waals surface area contributed by atoms with Gasteiger partial charge in [0.2, 0.25) is 5.91 Å². The van der Waals surface area contributed by atoms with Gasteiger partial charge < -0.3 is 15.1 Å². The lowest BCUT2D eigenvalue weighted by atomic mass is 9.93. The number of aliphatic hydroxyl groups excluding tert-OH is 1. The molecule has 1 fully saturated rings. The van der Waals surface area contributed by atoms with Crippen LogP contribution in [0.25, 0.3) is 11.1 Å². The van der Waals surface area contributed by atoms with Crippen LogP contribution in [-0.4, -0.2) is 39.6 Å². The highest BCUT2D eigenvalue weighted by Gasteiger charge is 2.28. The number of carboxylic acids is 1. The Balaban J connectivity index is 1.39. The van der Waals surface area contributed by atoms with Crippen LogP contribution in [0.5, 0.6) is 0 Å². The normalized spacial score (nSPS) is 16.3. The van der Waals surface area contributed by atoms with Crippen LogP contribution in [0, 0.1) is 6.92 Å². The summed E-state index contributed by atoms with van der Waals surface area (Å²) in [5, 5.41) is 20.0. The maximum atomic E-state index is 12.5. The molecule has 0 spiro atoms. The largest absolute Gasteiger partial charge is 0.478 e. The number of carboxylic acid groups (broad SMARTS) is 1. The van der Waals surface area contributed by atoms with Gasteiger partial charge >= 0.3 is 5.97 Å². The summed E-state index contributed by atoms with van der Waals surface area (Å²) in [6, 6.07) is 21.5. The van der Waals surface area contributed by atoms with E-state index in [1.807, 2.05) is 41.3 Å². The molecule has 1 saturated heterocycles. The van der Waals surface area contributed by atoms with Crippen LogP contribution in [0.1, 0.15) is 71.3 Å². The highest BCUT2D eigenvalue weighted by molar-refractivity contribution is 5.87. The molecular weight excluding hydrogens is 474 g/mol. The van der Waals surface area contributed by atoms with Crippen LogP contribution >= 0.6 is 0 Å². The molecule has 5 nitrogen and oxygen atoms in total. The van der Waals surface area contributed by atoms with Crippen LogP contribution in [-0.2, 0) is 17.6 Å². The highest BCUT2D eigenvalue weighted by Crippen LogP contribution is 2.29. The summed E-state index contributed by atoms with van der Waals surface area (Å²) < 4.78 is 0. The van der Waals surface area contributed by atoms with Crippen molar-refractivity contribution in [2.45, 2.75) is 64.5 Å². The van der Waals surface area contributed by atoms with Gasteiger partial charge in [-0.25, -0.2) is 4.79 Å². The maximum absolute atomic E-state index is 12.5. The molecule has 4 rings (SSSR count). The Kier molecular flexibility index (Phi) is 9.14. The summed E-state index contributed by atoms with van der Waals surface area (Å²) in [7, 11) is 0. The molecule has 0 radical (unpaired) electrons. The van der Waals surface area contributed by atoms with E-state index >= 15 is 0 Å². The van der Waals surface area contributed by atoms with Gasteiger partial charge in [0.25, 0.3) is 0 Å². The van der Waals surface area contributed by atoms with E-state index in [9.17, 15) is 14.7 Å². The molecule has 198 valence electrons. The van der Waals surface area contributed by atoms with Gasteiger partial charge in [-0.15, -0.1) is 0 Å². The van der Waals surface area contributed by atoms with Crippen molar-refractivity contribution in [1.29, 1.82) is 0 Å². The van der Waals surface area contributed by atoms with Crippen LogP contribution < -0.4 is 0 Å². The van der Waals surface area contributed by atoms with Crippen LogP contribution in [0.2, 0.25) is 0 Å². The van der Waals surface area contributed by atoms with Gasteiger partial charge in [-0.2, -0.15) is 0 Å². The Morgan fingerprint density at radius 2 is 1.87 bits per heavy atom. The summed E-state index contributed by atoms with van der Waals surface area (Å²) in [6.45, 7) is 4.93. The van der Waals surface area contributed by atoms with E-state index in [0.29, 0.717) is 13.0 Å². The first kappa shape index (κ1) is 27.3. The number of carbonyl (C=O) groups excluding carboxylic acids is 1. The van der Waals surface area contributed by atoms with E-state index in [-0.39, 0.29) is 17.5 Å². The second-order valence-electron chi connectivity index (χ2n) is 10.2. The first-order chi connectivity index (χ1) is 18.4. The molecule has 1 heterocycles. The molecule has 0 saturated carbocycles. The zero-order valence-corrected chi connectivity index (χ0v) is 22.3. The smallest absolute Gasteiger partial charge is 0.335 e. The standard InChI is InChI=1S/C33H37NO4/c1-3-6-26-21-23(2)10-17-30(26)27-8-4-9-28(22-27)31(35)18-15-29-16-19-32(36)34(29)20-5-7-24-11-13-25(14-12-24)33(37)38/h4,8-15,17-18,21-22,29,31,35H,3,5-7,16,19-20H2,1-2H3,(H,37,38)/b18-15+. The molecule has 5 heteroatoms. The van der Waals surface area contributed by atoms with Crippen LogP contribution in [0.4, 0.5) is 0 Å². The lowest BCUT2D eigenvalue weighted by molar-refractivity contribution is -0.128. The summed E-state index contributed by atoms with van der Waals surface area (Å²) in [5.74, 6) is -0.792. The van der Waals surface area contributed by atoms with E-state index < -0.39 is 12.1 Å². The van der Waals surface area contributed by atoms with E-state index in [1.54, 1.807) is 12.1 Å². The average molecular weight is 512 g/mol. The number of nitrogens with zero attached hydrogens (tertiary/aromatic N) is 1. The van der Waals surface area contributed by atoms with Gasteiger partial charge in [-0.1, -0.05) is 79.6 Å². The molecule has 2 N–H and O–H groups in total. The number of carbonyl (C=O) groups is 2. The van der Waals surface area contributed by atoms with Crippen LogP contribution in [0.15, 0.2) is 78.9 Å². The topological polar surface area (TPSA) is 77.8 Å². The Hall–Kier alpha value is -3.70. The van der Waals surface area contributed by atoms with Crippen molar-refractivity contribution in [3.63, 3.8) is 0 Å². The van der Waals surface area contributed by atoms with E-state index in [4.69, 9.17) is 5.11 Å². The molecule has 2 unspecified atom stereocenters. The predicted molar refractivity (Wildman–Crippen MR) is 151 cm³/mol. The number of aromatic carboxylic acids is 1.